The van der Waals surface area contributed by atoms with E-state index in [1.807, 2.05) is 18.2 Å². The molecule has 0 saturated carbocycles. The molecule has 0 radical (unpaired) electrons. The number of piperidine rings is 1. The number of halogens is 2. The van der Waals surface area contributed by atoms with Crippen LogP contribution in [-0.2, 0) is 14.6 Å². The molecule has 41 heavy (non-hydrogen) atoms. The molecule has 3 aromatic carbocycles. The van der Waals surface area contributed by atoms with E-state index in [0.717, 1.165) is 12.1 Å². The predicted molar refractivity (Wildman–Crippen MR) is 153 cm³/mol. The Hall–Kier alpha value is -3.81. The van der Waals surface area contributed by atoms with E-state index < -0.39 is 22.5 Å². The average molecular weight is 582 g/mol. The fraction of sp³-hybridized carbons (Fsp3) is 0.355. The van der Waals surface area contributed by atoms with Crippen LogP contribution in [0.2, 0.25) is 0 Å². The molecule has 0 bridgehead atoms. The molecule has 0 aromatic heterocycles. The number of alkyl halides is 2. The van der Waals surface area contributed by atoms with Crippen LogP contribution in [0.4, 0.5) is 14.5 Å². The Bertz CT molecular complexity index is 1440. The van der Waals surface area contributed by atoms with E-state index in [4.69, 9.17) is 0 Å². The maximum atomic E-state index is 13.1. The lowest BCUT2D eigenvalue weighted by molar-refractivity contribution is -0.133. The number of sulfone groups is 1. The quantitative estimate of drug-likeness (QED) is 0.305. The Balaban J connectivity index is 1.50. The van der Waals surface area contributed by atoms with Gasteiger partial charge in [-0.05, 0) is 60.4 Å². The molecule has 7 nitrogen and oxygen atoms in total. The summed E-state index contributed by atoms with van der Waals surface area (Å²) in [5.41, 5.74) is 2.98. The Morgan fingerprint density at radius 3 is 2.34 bits per heavy atom. The number of hydrogen-bond acceptors (Lipinski definition) is 6. The average Bonchev–Trinajstić information content (AvgIpc) is 3.00. The highest BCUT2D eigenvalue weighted by molar-refractivity contribution is 7.91. The number of nitrogens with one attached hydrogen (secondary N) is 1. The van der Waals surface area contributed by atoms with Gasteiger partial charge in [0.25, 0.3) is 5.91 Å². The van der Waals surface area contributed by atoms with Crippen LogP contribution in [0.1, 0.15) is 59.6 Å². The summed E-state index contributed by atoms with van der Waals surface area (Å²) in [7, 11) is -3.37. The van der Waals surface area contributed by atoms with Crippen LogP contribution in [0.3, 0.4) is 0 Å². The fourth-order valence-corrected chi connectivity index (χ4v) is 6.05. The van der Waals surface area contributed by atoms with Crippen LogP contribution in [0, 0.1) is 11.3 Å². The summed E-state index contributed by atoms with van der Waals surface area (Å²) in [6.07, 6.45) is 1.54. The predicted octanol–water partition coefficient (Wildman–Crippen LogP) is 5.86. The van der Waals surface area contributed by atoms with Crippen molar-refractivity contribution in [2.24, 2.45) is 0 Å². The van der Waals surface area contributed by atoms with Crippen molar-refractivity contribution in [2.75, 3.05) is 23.8 Å². The largest absolute Gasteiger partial charge is 0.366 e. The molecule has 1 aliphatic rings. The van der Waals surface area contributed by atoms with Gasteiger partial charge < -0.3 is 15.0 Å². The smallest absolute Gasteiger partial charge is 0.345 e. The SMILES string of the molecule is CCS(=O)(=O)c1ccc([C@H](CC#N)NC(=O)c2ccc(N3C[C@@H](c4ccccc4)CC[C@H]3COC(F)F)cc2)cc1. The van der Waals surface area contributed by atoms with E-state index >= 15 is 0 Å². The van der Waals surface area contributed by atoms with Gasteiger partial charge in [-0.15, -0.1) is 0 Å². The molecule has 1 aliphatic heterocycles. The summed E-state index contributed by atoms with van der Waals surface area (Å²) < 4.78 is 54.6. The Labute approximate surface area is 239 Å². The van der Waals surface area contributed by atoms with Gasteiger partial charge in [0.15, 0.2) is 9.84 Å². The van der Waals surface area contributed by atoms with Crippen molar-refractivity contribution in [3.63, 3.8) is 0 Å². The lowest BCUT2D eigenvalue weighted by Gasteiger charge is -2.41. The lowest BCUT2D eigenvalue weighted by atomic mass is 9.87. The number of nitrogens with zero attached hydrogens (tertiary/aromatic N) is 2. The molecule has 1 heterocycles. The highest BCUT2D eigenvalue weighted by atomic mass is 32.2. The minimum Gasteiger partial charge on any atom is -0.366 e. The molecule has 0 spiro atoms. The molecule has 1 N–H and O–H groups in total. The van der Waals surface area contributed by atoms with Crippen molar-refractivity contribution >= 4 is 21.4 Å². The lowest BCUT2D eigenvalue weighted by Crippen LogP contribution is -2.45. The minimum atomic E-state index is -3.37. The van der Waals surface area contributed by atoms with E-state index in [1.54, 1.807) is 43.3 Å². The highest BCUT2D eigenvalue weighted by Crippen LogP contribution is 2.34. The third-order valence-electron chi connectivity index (χ3n) is 7.48. The van der Waals surface area contributed by atoms with E-state index in [2.05, 4.69) is 33.2 Å². The Kier molecular flexibility index (Phi) is 10.1. The van der Waals surface area contributed by atoms with Gasteiger partial charge in [0.1, 0.15) is 0 Å². The monoisotopic (exact) mass is 581 g/mol. The van der Waals surface area contributed by atoms with Gasteiger partial charge in [-0.25, -0.2) is 8.42 Å². The molecular formula is C31H33F2N3O4S. The number of benzene rings is 3. The van der Waals surface area contributed by atoms with Crippen LogP contribution >= 0.6 is 0 Å². The van der Waals surface area contributed by atoms with Crippen molar-refractivity contribution in [1.82, 2.24) is 5.32 Å². The maximum absolute atomic E-state index is 13.1. The van der Waals surface area contributed by atoms with Gasteiger partial charge in [0.2, 0.25) is 0 Å². The second-order valence-electron chi connectivity index (χ2n) is 9.99. The van der Waals surface area contributed by atoms with Crippen LogP contribution < -0.4 is 10.2 Å². The molecule has 1 fully saturated rings. The van der Waals surface area contributed by atoms with Crippen LogP contribution in [-0.4, -0.2) is 45.9 Å². The van der Waals surface area contributed by atoms with Crippen LogP contribution in [0.15, 0.2) is 83.8 Å². The maximum Gasteiger partial charge on any atom is 0.345 e. The molecule has 1 amide bonds. The Morgan fingerprint density at radius 1 is 1.05 bits per heavy atom. The number of amides is 1. The Morgan fingerprint density at radius 2 is 1.73 bits per heavy atom. The van der Waals surface area contributed by atoms with E-state index in [0.29, 0.717) is 24.1 Å². The molecule has 216 valence electrons. The summed E-state index contributed by atoms with van der Waals surface area (Å²) in [5, 5.41) is 12.2. The van der Waals surface area contributed by atoms with Crippen molar-refractivity contribution in [2.45, 2.75) is 55.7 Å². The summed E-state index contributed by atoms with van der Waals surface area (Å²) in [6, 6.07) is 24.4. The van der Waals surface area contributed by atoms with Crippen molar-refractivity contribution < 1.29 is 26.7 Å². The van der Waals surface area contributed by atoms with Crippen molar-refractivity contribution in [3.8, 4) is 6.07 Å². The summed E-state index contributed by atoms with van der Waals surface area (Å²) >= 11 is 0. The first-order valence-corrected chi connectivity index (χ1v) is 15.2. The van der Waals surface area contributed by atoms with Gasteiger partial charge in [-0.1, -0.05) is 49.4 Å². The molecule has 1 saturated heterocycles. The molecule has 3 aromatic rings. The number of nitriles is 1. The fourth-order valence-electron chi connectivity index (χ4n) is 5.16. The van der Waals surface area contributed by atoms with Crippen LogP contribution in [0.5, 0.6) is 0 Å². The number of carbonyl (C=O) groups is 1. The molecule has 0 unspecified atom stereocenters. The minimum absolute atomic E-state index is 0.00413. The number of rotatable bonds is 11. The van der Waals surface area contributed by atoms with Gasteiger partial charge in [0, 0.05) is 23.7 Å². The number of carbonyl (C=O) groups excluding carboxylic acids is 1. The van der Waals surface area contributed by atoms with Crippen molar-refractivity contribution in [3.05, 3.63) is 95.6 Å². The van der Waals surface area contributed by atoms with Crippen LogP contribution in [0.25, 0.3) is 0 Å². The van der Waals surface area contributed by atoms with E-state index in [-0.39, 0.29) is 41.5 Å². The molecule has 10 heteroatoms. The van der Waals surface area contributed by atoms with Crippen molar-refractivity contribution in [1.29, 1.82) is 5.26 Å². The normalized spacial score (nSPS) is 18.1. The zero-order chi connectivity index (χ0) is 29.4. The first-order chi connectivity index (χ1) is 19.7. The van der Waals surface area contributed by atoms with Gasteiger partial charge in [-0.2, -0.15) is 14.0 Å². The zero-order valence-electron chi connectivity index (χ0n) is 22.7. The second-order valence-corrected chi connectivity index (χ2v) is 12.3. The zero-order valence-corrected chi connectivity index (χ0v) is 23.6. The third-order valence-corrected chi connectivity index (χ3v) is 9.23. The van der Waals surface area contributed by atoms with E-state index in [1.165, 1.54) is 17.7 Å². The molecule has 0 aliphatic carbocycles. The standard InChI is InChI=1S/C31H33F2N3O4S/c1-2-41(38,39)28-16-11-23(12-17-28)29(18-19-34)35-30(37)24-8-13-26(14-9-24)36-20-25(22-6-4-3-5-7-22)10-15-27(36)21-40-31(32)33/h3-9,11-14,16-17,25,27,29,31H,2,10,15,18,20-21H2,1H3,(H,35,37)/t25-,27-,29-/m0/s1. The van der Waals surface area contributed by atoms with Gasteiger partial charge in [0.05, 0.1) is 41.8 Å². The molecular weight excluding hydrogens is 548 g/mol. The first kappa shape index (κ1) is 30.2. The summed E-state index contributed by atoms with van der Waals surface area (Å²) in [4.78, 5) is 15.4. The summed E-state index contributed by atoms with van der Waals surface area (Å²) in [6.45, 7) is -0.753. The second kappa shape index (κ2) is 13.7. The number of anilines is 1. The van der Waals surface area contributed by atoms with Gasteiger partial charge in [-0.3, -0.25) is 4.79 Å². The first-order valence-electron chi connectivity index (χ1n) is 13.5. The molecule has 4 rings (SSSR count). The number of hydrogen-bond donors (Lipinski definition) is 1. The molecule has 3 atom stereocenters. The van der Waals surface area contributed by atoms with E-state index in [9.17, 15) is 27.3 Å². The highest BCUT2D eigenvalue weighted by Gasteiger charge is 2.30. The summed E-state index contributed by atoms with van der Waals surface area (Å²) in [5.74, 6) is -0.182. The number of ether oxygens (including phenoxy) is 1. The topological polar surface area (TPSA) is 99.5 Å². The van der Waals surface area contributed by atoms with Gasteiger partial charge >= 0.3 is 6.61 Å². The third kappa shape index (κ3) is 7.69.